The first-order valence-electron chi connectivity index (χ1n) is 9.12. The number of carbonyl (C=O) groups excluding carboxylic acids is 2. The second-order valence-corrected chi connectivity index (χ2v) is 7.32. The fraction of sp³-hybridized carbons (Fsp3) is 0.333. The number of nitrogens with zero attached hydrogens (tertiary/aromatic N) is 1. The van der Waals surface area contributed by atoms with Crippen LogP contribution in [0.1, 0.15) is 24.5 Å². The highest BCUT2D eigenvalue weighted by atomic mass is 35.5. The number of likely N-dealkylation sites (tertiary alicyclic amines) is 1. The first-order chi connectivity index (χ1) is 13.0. The summed E-state index contributed by atoms with van der Waals surface area (Å²) in [6.07, 6.45) is 1.34. The molecular weight excluding hydrogens is 362 g/mol. The van der Waals surface area contributed by atoms with Gasteiger partial charge < -0.3 is 15.5 Å². The molecule has 1 saturated heterocycles. The van der Waals surface area contributed by atoms with Gasteiger partial charge in [0, 0.05) is 49.7 Å². The summed E-state index contributed by atoms with van der Waals surface area (Å²) in [5.74, 6) is 0.110. The van der Waals surface area contributed by atoms with Crippen LogP contribution in [0.3, 0.4) is 0 Å². The Morgan fingerprint density at radius 2 is 1.96 bits per heavy atom. The first kappa shape index (κ1) is 19.4. The Morgan fingerprint density at radius 3 is 2.67 bits per heavy atom. The largest absolute Gasteiger partial charge is 0.341 e. The molecular formula is C21H24ClN3O2. The van der Waals surface area contributed by atoms with E-state index in [2.05, 4.69) is 10.6 Å². The Labute approximate surface area is 164 Å². The molecule has 0 aliphatic carbocycles. The molecule has 5 nitrogen and oxygen atoms in total. The summed E-state index contributed by atoms with van der Waals surface area (Å²) in [6.45, 7) is 3.62. The number of carbonyl (C=O) groups is 2. The summed E-state index contributed by atoms with van der Waals surface area (Å²) in [4.78, 5) is 25.2. The van der Waals surface area contributed by atoms with Crippen molar-refractivity contribution in [3.05, 3.63) is 64.7 Å². The van der Waals surface area contributed by atoms with Gasteiger partial charge in [0.05, 0.1) is 0 Å². The van der Waals surface area contributed by atoms with Crippen LogP contribution in [-0.4, -0.2) is 35.8 Å². The van der Waals surface area contributed by atoms with Gasteiger partial charge in [-0.3, -0.25) is 9.59 Å². The standard InChI is InChI=1S/C21H24ClN3O2/c1-15(26)24-19-7-5-17(6-8-19)13-23-20-12-21(27)25(14-20)10-9-16-3-2-4-18(22)11-16/h2-8,11,20,23H,9-10,12-14H2,1H3,(H,24,26)/t20-/m0/s1. The van der Waals surface area contributed by atoms with Gasteiger partial charge in [0.2, 0.25) is 11.8 Å². The number of anilines is 1. The normalized spacial score (nSPS) is 16.6. The summed E-state index contributed by atoms with van der Waals surface area (Å²) in [6, 6.07) is 15.7. The van der Waals surface area contributed by atoms with Crippen LogP contribution in [0.5, 0.6) is 0 Å². The van der Waals surface area contributed by atoms with Gasteiger partial charge in [-0.15, -0.1) is 0 Å². The van der Waals surface area contributed by atoms with Gasteiger partial charge in [0.25, 0.3) is 0 Å². The molecule has 0 saturated carbocycles. The lowest BCUT2D eigenvalue weighted by Gasteiger charge is -2.17. The molecule has 3 rings (SSSR count). The minimum atomic E-state index is -0.0804. The van der Waals surface area contributed by atoms with E-state index >= 15 is 0 Å². The van der Waals surface area contributed by atoms with E-state index in [1.165, 1.54) is 6.92 Å². The average molecular weight is 386 g/mol. The minimum absolute atomic E-state index is 0.0804. The van der Waals surface area contributed by atoms with E-state index in [0.29, 0.717) is 19.5 Å². The lowest BCUT2D eigenvalue weighted by molar-refractivity contribution is -0.127. The Bertz CT molecular complexity index is 807. The quantitative estimate of drug-likeness (QED) is 0.769. The zero-order chi connectivity index (χ0) is 19.2. The lowest BCUT2D eigenvalue weighted by atomic mass is 10.1. The molecule has 2 N–H and O–H groups in total. The van der Waals surface area contributed by atoms with E-state index in [4.69, 9.17) is 11.6 Å². The van der Waals surface area contributed by atoms with E-state index < -0.39 is 0 Å². The molecule has 142 valence electrons. The van der Waals surface area contributed by atoms with Crippen molar-refractivity contribution in [1.82, 2.24) is 10.2 Å². The number of nitrogens with one attached hydrogen (secondary N) is 2. The number of amides is 2. The average Bonchev–Trinajstić information content (AvgIpc) is 2.99. The second kappa shape index (κ2) is 9.02. The van der Waals surface area contributed by atoms with Gasteiger partial charge in [-0.2, -0.15) is 0 Å². The highest BCUT2D eigenvalue weighted by Crippen LogP contribution is 2.16. The number of hydrogen-bond acceptors (Lipinski definition) is 3. The van der Waals surface area contributed by atoms with Crippen molar-refractivity contribution >= 4 is 29.1 Å². The van der Waals surface area contributed by atoms with Crippen LogP contribution in [0, 0.1) is 0 Å². The smallest absolute Gasteiger partial charge is 0.224 e. The van der Waals surface area contributed by atoms with Crippen molar-refractivity contribution in [2.45, 2.75) is 32.4 Å². The summed E-state index contributed by atoms with van der Waals surface area (Å²) in [5, 5.41) is 6.93. The summed E-state index contributed by atoms with van der Waals surface area (Å²) in [7, 11) is 0. The van der Waals surface area contributed by atoms with Crippen molar-refractivity contribution in [3.8, 4) is 0 Å². The van der Waals surface area contributed by atoms with E-state index in [1.54, 1.807) is 0 Å². The minimum Gasteiger partial charge on any atom is -0.341 e. The monoisotopic (exact) mass is 385 g/mol. The van der Waals surface area contributed by atoms with Crippen LogP contribution >= 0.6 is 11.6 Å². The topological polar surface area (TPSA) is 61.4 Å². The molecule has 0 radical (unpaired) electrons. The van der Waals surface area contributed by atoms with Crippen molar-refractivity contribution in [2.75, 3.05) is 18.4 Å². The zero-order valence-electron chi connectivity index (χ0n) is 15.4. The fourth-order valence-electron chi connectivity index (χ4n) is 3.25. The number of benzene rings is 2. The van der Waals surface area contributed by atoms with Crippen LogP contribution in [-0.2, 0) is 22.6 Å². The molecule has 1 aliphatic heterocycles. The second-order valence-electron chi connectivity index (χ2n) is 6.88. The Morgan fingerprint density at radius 1 is 1.19 bits per heavy atom. The Kier molecular flexibility index (Phi) is 6.48. The summed E-state index contributed by atoms with van der Waals surface area (Å²) < 4.78 is 0. The zero-order valence-corrected chi connectivity index (χ0v) is 16.1. The molecule has 0 bridgehead atoms. The molecule has 1 atom stereocenters. The molecule has 27 heavy (non-hydrogen) atoms. The summed E-state index contributed by atoms with van der Waals surface area (Å²) in [5.41, 5.74) is 3.05. The van der Waals surface area contributed by atoms with Crippen LogP contribution < -0.4 is 10.6 Å². The number of hydrogen-bond donors (Lipinski definition) is 2. The first-order valence-corrected chi connectivity index (χ1v) is 9.49. The Balaban J connectivity index is 1.45. The maximum absolute atomic E-state index is 12.3. The van der Waals surface area contributed by atoms with Gasteiger partial charge in [0.1, 0.15) is 0 Å². The number of rotatable bonds is 7. The molecule has 0 spiro atoms. The van der Waals surface area contributed by atoms with E-state index in [-0.39, 0.29) is 17.9 Å². The molecule has 0 aromatic heterocycles. The van der Waals surface area contributed by atoms with E-state index in [1.807, 2.05) is 53.4 Å². The highest BCUT2D eigenvalue weighted by molar-refractivity contribution is 6.30. The molecule has 1 heterocycles. The number of halogens is 1. The molecule has 2 aromatic rings. The van der Waals surface area contributed by atoms with Crippen LogP contribution in [0.2, 0.25) is 5.02 Å². The third kappa shape index (κ3) is 5.81. The van der Waals surface area contributed by atoms with Crippen molar-refractivity contribution < 1.29 is 9.59 Å². The molecule has 1 fully saturated rings. The molecule has 0 unspecified atom stereocenters. The molecule has 6 heteroatoms. The van der Waals surface area contributed by atoms with Crippen molar-refractivity contribution in [2.24, 2.45) is 0 Å². The van der Waals surface area contributed by atoms with E-state index in [0.717, 1.165) is 34.8 Å². The van der Waals surface area contributed by atoms with Crippen LogP contribution in [0.15, 0.2) is 48.5 Å². The third-order valence-corrected chi connectivity index (χ3v) is 4.88. The molecule has 2 aromatic carbocycles. The molecule has 2 amide bonds. The van der Waals surface area contributed by atoms with E-state index in [9.17, 15) is 9.59 Å². The molecule has 1 aliphatic rings. The maximum atomic E-state index is 12.3. The van der Waals surface area contributed by atoms with Crippen LogP contribution in [0.25, 0.3) is 0 Å². The predicted molar refractivity (Wildman–Crippen MR) is 108 cm³/mol. The van der Waals surface area contributed by atoms with Crippen molar-refractivity contribution in [3.63, 3.8) is 0 Å². The Hall–Kier alpha value is -2.37. The van der Waals surface area contributed by atoms with Gasteiger partial charge in [0.15, 0.2) is 0 Å². The fourth-order valence-corrected chi connectivity index (χ4v) is 3.47. The van der Waals surface area contributed by atoms with Gasteiger partial charge in [-0.1, -0.05) is 35.9 Å². The predicted octanol–water partition coefficient (Wildman–Crippen LogP) is 3.23. The van der Waals surface area contributed by atoms with Gasteiger partial charge in [-0.05, 0) is 41.8 Å². The summed E-state index contributed by atoms with van der Waals surface area (Å²) >= 11 is 6.01. The SMILES string of the molecule is CC(=O)Nc1ccc(CN[C@H]2CC(=O)N(CCc3cccc(Cl)c3)C2)cc1. The van der Waals surface area contributed by atoms with Gasteiger partial charge >= 0.3 is 0 Å². The van der Waals surface area contributed by atoms with Crippen molar-refractivity contribution in [1.29, 1.82) is 0 Å². The van der Waals surface area contributed by atoms with Gasteiger partial charge in [-0.25, -0.2) is 0 Å². The maximum Gasteiger partial charge on any atom is 0.224 e. The lowest BCUT2D eigenvalue weighted by Crippen LogP contribution is -2.33. The van der Waals surface area contributed by atoms with Crippen LogP contribution in [0.4, 0.5) is 5.69 Å². The highest BCUT2D eigenvalue weighted by Gasteiger charge is 2.28. The third-order valence-electron chi connectivity index (χ3n) is 4.64.